The molecule has 0 unspecified atom stereocenters. The summed E-state index contributed by atoms with van der Waals surface area (Å²) in [6.45, 7) is 5.98. The molecule has 29 heavy (non-hydrogen) atoms. The highest BCUT2D eigenvalue weighted by Gasteiger charge is 2.10. The third kappa shape index (κ3) is 4.29. The first-order chi connectivity index (χ1) is 14.0. The normalized spacial score (nSPS) is 10.9. The minimum atomic E-state index is -0.198. The van der Waals surface area contributed by atoms with Crippen LogP contribution in [0.3, 0.4) is 0 Å². The van der Waals surface area contributed by atoms with Gasteiger partial charge in [0.1, 0.15) is 11.4 Å². The molecule has 2 aromatic heterocycles. The quantitative estimate of drug-likeness (QED) is 0.529. The molecule has 1 N–H and O–H groups in total. The molecule has 0 aliphatic heterocycles. The van der Waals surface area contributed by atoms with E-state index in [0.717, 1.165) is 33.7 Å². The van der Waals surface area contributed by atoms with E-state index in [1.807, 2.05) is 92.2 Å². The summed E-state index contributed by atoms with van der Waals surface area (Å²) in [5.74, 6) is 0.479. The van der Waals surface area contributed by atoms with Crippen molar-refractivity contribution in [3.8, 4) is 17.0 Å². The predicted molar refractivity (Wildman–Crippen MR) is 115 cm³/mol. The molecule has 0 atom stereocenters. The molecule has 0 radical (unpaired) electrons. The Balaban J connectivity index is 1.50. The standard InChI is InChI=1S/C24H23N3O2/c1-16-4-8-20(9-5-16)29-15-24(28)26-21-13-19(7-6-18(21)3)22-14-27-11-10-17(2)12-23(27)25-22/h4-14H,15H2,1-3H3,(H,26,28). The van der Waals surface area contributed by atoms with Gasteiger partial charge in [-0.3, -0.25) is 4.79 Å². The van der Waals surface area contributed by atoms with E-state index in [1.165, 1.54) is 5.56 Å². The number of fused-ring (bicyclic) bond motifs is 1. The number of carbonyl (C=O) groups excluding carboxylic acids is 1. The highest BCUT2D eigenvalue weighted by atomic mass is 16.5. The van der Waals surface area contributed by atoms with Gasteiger partial charge in [-0.05, 0) is 62.2 Å². The van der Waals surface area contributed by atoms with Gasteiger partial charge in [-0.25, -0.2) is 4.98 Å². The zero-order chi connectivity index (χ0) is 20.4. The van der Waals surface area contributed by atoms with Crippen LogP contribution < -0.4 is 10.1 Å². The average molecular weight is 385 g/mol. The summed E-state index contributed by atoms with van der Waals surface area (Å²) in [4.78, 5) is 17.1. The van der Waals surface area contributed by atoms with E-state index in [-0.39, 0.29) is 12.5 Å². The van der Waals surface area contributed by atoms with Gasteiger partial charge in [0.15, 0.2) is 6.61 Å². The van der Waals surface area contributed by atoms with E-state index < -0.39 is 0 Å². The highest BCUT2D eigenvalue weighted by molar-refractivity contribution is 5.93. The largest absolute Gasteiger partial charge is 0.484 e. The maximum absolute atomic E-state index is 12.4. The van der Waals surface area contributed by atoms with Crippen molar-refractivity contribution in [3.05, 3.63) is 83.7 Å². The van der Waals surface area contributed by atoms with E-state index in [2.05, 4.69) is 5.32 Å². The first-order valence-corrected chi connectivity index (χ1v) is 9.54. The van der Waals surface area contributed by atoms with Gasteiger partial charge in [0.25, 0.3) is 5.91 Å². The third-order valence-corrected chi connectivity index (χ3v) is 4.81. The maximum Gasteiger partial charge on any atom is 0.262 e. The van der Waals surface area contributed by atoms with Crippen LogP contribution in [-0.2, 0) is 4.79 Å². The van der Waals surface area contributed by atoms with Crippen LogP contribution in [0.25, 0.3) is 16.9 Å². The van der Waals surface area contributed by atoms with Crippen molar-refractivity contribution in [2.75, 3.05) is 11.9 Å². The zero-order valence-electron chi connectivity index (χ0n) is 16.8. The number of anilines is 1. The summed E-state index contributed by atoms with van der Waals surface area (Å²) in [7, 11) is 0. The van der Waals surface area contributed by atoms with Crippen molar-refractivity contribution < 1.29 is 9.53 Å². The lowest BCUT2D eigenvalue weighted by Gasteiger charge is -2.11. The second-order valence-electron chi connectivity index (χ2n) is 7.28. The van der Waals surface area contributed by atoms with Crippen molar-refractivity contribution in [3.63, 3.8) is 0 Å². The number of aryl methyl sites for hydroxylation is 3. The van der Waals surface area contributed by atoms with Crippen molar-refractivity contribution in [2.24, 2.45) is 0 Å². The van der Waals surface area contributed by atoms with Crippen LogP contribution in [0, 0.1) is 20.8 Å². The molecule has 0 saturated carbocycles. The Morgan fingerprint density at radius 3 is 2.59 bits per heavy atom. The lowest BCUT2D eigenvalue weighted by atomic mass is 10.1. The Morgan fingerprint density at radius 1 is 1.00 bits per heavy atom. The number of nitrogens with zero attached hydrogens (tertiary/aromatic N) is 2. The van der Waals surface area contributed by atoms with Crippen LogP contribution in [0.4, 0.5) is 5.69 Å². The molecule has 1 amide bonds. The van der Waals surface area contributed by atoms with Crippen LogP contribution in [-0.4, -0.2) is 21.9 Å². The summed E-state index contributed by atoms with van der Waals surface area (Å²) in [5.41, 5.74) is 6.77. The number of amides is 1. The number of carbonyl (C=O) groups is 1. The fraction of sp³-hybridized carbons (Fsp3) is 0.167. The second-order valence-corrected chi connectivity index (χ2v) is 7.28. The number of nitrogens with one attached hydrogen (secondary N) is 1. The SMILES string of the molecule is Cc1ccc(OCC(=O)Nc2cc(-c3cn4ccc(C)cc4n3)ccc2C)cc1. The second kappa shape index (κ2) is 7.80. The topological polar surface area (TPSA) is 55.6 Å². The number of pyridine rings is 1. The Bertz CT molecular complexity index is 1180. The van der Waals surface area contributed by atoms with Crippen molar-refractivity contribution in [1.29, 1.82) is 0 Å². The van der Waals surface area contributed by atoms with E-state index in [9.17, 15) is 4.79 Å². The zero-order valence-corrected chi connectivity index (χ0v) is 16.8. The Kier molecular flexibility index (Phi) is 5.04. The number of imidazole rings is 1. The third-order valence-electron chi connectivity index (χ3n) is 4.81. The van der Waals surface area contributed by atoms with Gasteiger partial charge in [-0.1, -0.05) is 29.8 Å². The van der Waals surface area contributed by atoms with E-state index in [4.69, 9.17) is 9.72 Å². The average Bonchev–Trinajstić information content (AvgIpc) is 3.12. The molecular formula is C24H23N3O2. The summed E-state index contributed by atoms with van der Waals surface area (Å²) >= 11 is 0. The van der Waals surface area contributed by atoms with Crippen molar-refractivity contribution in [2.45, 2.75) is 20.8 Å². The molecule has 5 nitrogen and oxygen atoms in total. The fourth-order valence-electron chi connectivity index (χ4n) is 3.11. The Hall–Kier alpha value is -3.60. The minimum absolute atomic E-state index is 0.0413. The molecule has 0 aliphatic rings. The summed E-state index contributed by atoms with van der Waals surface area (Å²) in [5, 5.41) is 2.95. The molecule has 4 rings (SSSR count). The summed E-state index contributed by atoms with van der Waals surface area (Å²) < 4.78 is 7.57. The molecule has 4 aromatic rings. The smallest absolute Gasteiger partial charge is 0.262 e. The molecular weight excluding hydrogens is 362 g/mol. The first kappa shape index (κ1) is 18.7. The van der Waals surface area contributed by atoms with Crippen LogP contribution in [0.5, 0.6) is 5.75 Å². The number of hydrogen-bond acceptors (Lipinski definition) is 3. The fourth-order valence-corrected chi connectivity index (χ4v) is 3.11. The van der Waals surface area contributed by atoms with Gasteiger partial charge >= 0.3 is 0 Å². The number of ether oxygens (including phenoxy) is 1. The molecule has 0 aliphatic carbocycles. The molecule has 146 valence electrons. The van der Waals surface area contributed by atoms with Gasteiger partial charge in [0.2, 0.25) is 0 Å². The van der Waals surface area contributed by atoms with Gasteiger partial charge in [-0.2, -0.15) is 0 Å². The molecule has 5 heteroatoms. The summed E-state index contributed by atoms with van der Waals surface area (Å²) in [6, 6.07) is 17.7. The van der Waals surface area contributed by atoms with Crippen LogP contribution in [0.1, 0.15) is 16.7 Å². The predicted octanol–water partition coefficient (Wildman–Crippen LogP) is 4.94. The van der Waals surface area contributed by atoms with Gasteiger partial charge < -0.3 is 14.5 Å². The monoisotopic (exact) mass is 385 g/mol. The number of hydrogen-bond donors (Lipinski definition) is 1. The van der Waals surface area contributed by atoms with Gasteiger partial charge in [0, 0.05) is 23.6 Å². The van der Waals surface area contributed by atoms with Gasteiger partial charge in [0.05, 0.1) is 5.69 Å². The molecule has 2 aromatic carbocycles. The lowest BCUT2D eigenvalue weighted by molar-refractivity contribution is -0.118. The number of aromatic nitrogens is 2. The Labute approximate surface area is 170 Å². The number of benzene rings is 2. The van der Waals surface area contributed by atoms with Crippen molar-refractivity contribution >= 4 is 17.2 Å². The molecule has 0 fully saturated rings. The van der Waals surface area contributed by atoms with E-state index >= 15 is 0 Å². The van der Waals surface area contributed by atoms with Crippen LogP contribution in [0.2, 0.25) is 0 Å². The van der Waals surface area contributed by atoms with E-state index in [0.29, 0.717) is 5.75 Å². The number of rotatable bonds is 5. The Morgan fingerprint density at radius 2 is 1.79 bits per heavy atom. The highest BCUT2D eigenvalue weighted by Crippen LogP contribution is 2.25. The van der Waals surface area contributed by atoms with Crippen LogP contribution in [0.15, 0.2) is 67.0 Å². The van der Waals surface area contributed by atoms with Crippen LogP contribution >= 0.6 is 0 Å². The molecule has 0 saturated heterocycles. The molecule has 2 heterocycles. The van der Waals surface area contributed by atoms with Gasteiger partial charge in [-0.15, -0.1) is 0 Å². The lowest BCUT2D eigenvalue weighted by Crippen LogP contribution is -2.20. The maximum atomic E-state index is 12.4. The first-order valence-electron chi connectivity index (χ1n) is 9.54. The van der Waals surface area contributed by atoms with Crippen molar-refractivity contribution in [1.82, 2.24) is 9.38 Å². The summed E-state index contributed by atoms with van der Waals surface area (Å²) in [6.07, 6.45) is 3.99. The molecule has 0 spiro atoms. The minimum Gasteiger partial charge on any atom is -0.484 e. The van der Waals surface area contributed by atoms with E-state index in [1.54, 1.807) is 0 Å². The molecule has 0 bridgehead atoms.